The van der Waals surface area contributed by atoms with E-state index in [0.717, 1.165) is 0 Å². The minimum atomic E-state index is -0.785. The minimum Gasteiger partial charge on any atom is -0.448 e. The van der Waals surface area contributed by atoms with Crippen molar-refractivity contribution in [3.63, 3.8) is 0 Å². The lowest BCUT2D eigenvalue weighted by molar-refractivity contribution is 0.0434. The highest BCUT2D eigenvalue weighted by atomic mass is 35.5. The normalized spacial score (nSPS) is 12.7. The molecule has 0 aromatic carbocycles. The van der Waals surface area contributed by atoms with Crippen LogP contribution in [0.3, 0.4) is 0 Å². The Kier molecular flexibility index (Phi) is 5.35. The summed E-state index contributed by atoms with van der Waals surface area (Å²) in [6.45, 7) is 4.60. The molecule has 0 aliphatic heterocycles. The summed E-state index contributed by atoms with van der Waals surface area (Å²) in [6.07, 6.45) is -0.259. The topological polar surface area (TPSA) is 35.5 Å². The maximum Gasteiger partial charge on any atom is 0.404 e. The van der Waals surface area contributed by atoms with Gasteiger partial charge >= 0.3 is 5.43 Å². The van der Waals surface area contributed by atoms with Crippen LogP contribution in [0.2, 0.25) is 0 Å². The summed E-state index contributed by atoms with van der Waals surface area (Å²) in [5.74, 6) is 0. The summed E-state index contributed by atoms with van der Waals surface area (Å²) < 4.78 is 9.51. The predicted octanol–water partition coefficient (Wildman–Crippen LogP) is 1.79. The number of rotatable bonds is 4. The van der Waals surface area contributed by atoms with E-state index in [-0.39, 0.29) is 6.10 Å². The van der Waals surface area contributed by atoms with E-state index in [1.807, 2.05) is 6.92 Å². The van der Waals surface area contributed by atoms with Crippen LogP contribution in [-0.4, -0.2) is 24.7 Å². The zero-order chi connectivity index (χ0) is 7.98. The number of hydrogen-bond acceptors (Lipinski definition) is 3. The minimum absolute atomic E-state index is 0.259. The van der Waals surface area contributed by atoms with Gasteiger partial charge in [-0.25, -0.2) is 4.79 Å². The second kappa shape index (κ2) is 5.50. The molecule has 0 bridgehead atoms. The SMILES string of the molecule is CCOC[C@@H](C)OC(=O)Cl. The van der Waals surface area contributed by atoms with Crippen molar-refractivity contribution in [2.75, 3.05) is 13.2 Å². The largest absolute Gasteiger partial charge is 0.448 e. The third-order valence-corrected chi connectivity index (χ3v) is 0.940. The summed E-state index contributed by atoms with van der Waals surface area (Å²) in [7, 11) is 0. The maximum atomic E-state index is 10.1. The quantitative estimate of drug-likeness (QED) is 0.598. The first-order valence-corrected chi connectivity index (χ1v) is 3.48. The van der Waals surface area contributed by atoms with Gasteiger partial charge in [0.1, 0.15) is 6.10 Å². The molecular formula is C6H11ClO3. The first-order valence-electron chi connectivity index (χ1n) is 3.10. The second-order valence-electron chi connectivity index (χ2n) is 1.83. The zero-order valence-electron chi connectivity index (χ0n) is 6.09. The molecule has 10 heavy (non-hydrogen) atoms. The van der Waals surface area contributed by atoms with Crippen LogP contribution in [0.15, 0.2) is 0 Å². The lowest BCUT2D eigenvalue weighted by Gasteiger charge is -2.09. The summed E-state index contributed by atoms with van der Waals surface area (Å²) in [4.78, 5) is 10.1. The monoisotopic (exact) mass is 166 g/mol. The highest BCUT2D eigenvalue weighted by molar-refractivity contribution is 6.61. The Morgan fingerprint density at radius 3 is 2.70 bits per heavy atom. The van der Waals surface area contributed by atoms with Gasteiger partial charge in [-0.15, -0.1) is 0 Å². The Bertz CT molecular complexity index is 105. The highest BCUT2D eigenvalue weighted by Gasteiger charge is 2.04. The summed E-state index contributed by atoms with van der Waals surface area (Å²) in [5, 5.41) is 0. The van der Waals surface area contributed by atoms with Gasteiger partial charge in [-0.05, 0) is 13.8 Å². The van der Waals surface area contributed by atoms with Gasteiger partial charge in [-0.1, -0.05) is 0 Å². The molecule has 0 saturated carbocycles. The van der Waals surface area contributed by atoms with Crippen LogP contribution in [0.4, 0.5) is 4.79 Å². The Balaban J connectivity index is 3.25. The summed E-state index contributed by atoms with van der Waals surface area (Å²) in [6, 6.07) is 0. The van der Waals surface area contributed by atoms with E-state index in [1.54, 1.807) is 6.92 Å². The van der Waals surface area contributed by atoms with Gasteiger partial charge in [0.25, 0.3) is 0 Å². The van der Waals surface area contributed by atoms with Crippen LogP contribution < -0.4 is 0 Å². The molecule has 1 atom stereocenters. The lowest BCUT2D eigenvalue weighted by Crippen LogP contribution is -2.16. The van der Waals surface area contributed by atoms with Crippen molar-refractivity contribution in [3.05, 3.63) is 0 Å². The van der Waals surface area contributed by atoms with Crippen LogP contribution in [-0.2, 0) is 9.47 Å². The third-order valence-electron chi connectivity index (χ3n) is 0.851. The molecule has 0 spiro atoms. The second-order valence-corrected chi connectivity index (χ2v) is 2.13. The molecule has 0 aromatic heterocycles. The number of halogens is 1. The molecule has 0 aromatic rings. The van der Waals surface area contributed by atoms with Gasteiger partial charge in [0, 0.05) is 18.2 Å². The fourth-order valence-electron chi connectivity index (χ4n) is 0.476. The van der Waals surface area contributed by atoms with Gasteiger partial charge in [-0.2, -0.15) is 0 Å². The third kappa shape index (κ3) is 5.85. The molecule has 3 nitrogen and oxygen atoms in total. The summed E-state index contributed by atoms with van der Waals surface area (Å²) >= 11 is 4.93. The van der Waals surface area contributed by atoms with Crippen molar-refractivity contribution in [3.8, 4) is 0 Å². The molecule has 0 fully saturated rings. The van der Waals surface area contributed by atoms with Crippen molar-refractivity contribution in [1.29, 1.82) is 0 Å². The van der Waals surface area contributed by atoms with Crippen molar-refractivity contribution in [2.24, 2.45) is 0 Å². The van der Waals surface area contributed by atoms with Gasteiger partial charge in [0.15, 0.2) is 0 Å². The molecule has 0 heterocycles. The van der Waals surface area contributed by atoms with Crippen LogP contribution in [0.5, 0.6) is 0 Å². The van der Waals surface area contributed by atoms with E-state index in [2.05, 4.69) is 4.74 Å². The first kappa shape index (κ1) is 9.72. The van der Waals surface area contributed by atoms with E-state index in [0.29, 0.717) is 13.2 Å². The van der Waals surface area contributed by atoms with E-state index in [4.69, 9.17) is 16.3 Å². The van der Waals surface area contributed by atoms with Gasteiger partial charge < -0.3 is 9.47 Å². The fraction of sp³-hybridized carbons (Fsp3) is 0.833. The molecule has 0 amide bonds. The summed E-state index contributed by atoms with van der Waals surface area (Å²) in [5.41, 5.74) is -0.785. The molecule has 0 unspecified atom stereocenters. The molecule has 4 heteroatoms. The standard InChI is InChI=1S/C6H11ClO3/c1-3-9-4-5(2)10-6(7)8/h5H,3-4H2,1-2H3/t5-/m1/s1. The highest BCUT2D eigenvalue weighted by Crippen LogP contribution is 1.96. The van der Waals surface area contributed by atoms with Crippen molar-refractivity contribution < 1.29 is 14.3 Å². The molecular weight excluding hydrogens is 156 g/mol. The average Bonchev–Trinajstić information content (AvgIpc) is 1.82. The Hall–Kier alpha value is -0.280. The van der Waals surface area contributed by atoms with E-state index in [1.165, 1.54) is 0 Å². The van der Waals surface area contributed by atoms with Crippen molar-refractivity contribution >= 4 is 17.0 Å². The predicted molar refractivity (Wildman–Crippen MR) is 38.3 cm³/mol. The number of carbonyl (C=O) groups is 1. The Labute approximate surface area is 65.3 Å². The smallest absolute Gasteiger partial charge is 0.404 e. The Morgan fingerprint density at radius 2 is 2.30 bits per heavy atom. The zero-order valence-corrected chi connectivity index (χ0v) is 6.85. The van der Waals surface area contributed by atoms with Crippen LogP contribution in [0, 0.1) is 0 Å². The van der Waals surface area contributed by atoms with Crippen LogP contribution in [0.1, 0.15) is 13.8 Å². The number of hydrogen-bond donors (Lipinski definition) is 0. The first-order chi connectivity index (χ1) is 4.66. The maximum absolute atomic E-state index is 10.1. The van der Waals surface area contributed by atoms with E-state index < -0.39 is 5.43 Å². The molecule has 0 rings (SSSR count). The molecule has 0 aliphatic carbocycles. The molecule has 0 saturated heterocycles. The van der Waals surface area contributed by atoms with Crippen molar-refractivity contribution in [1.82, 2.24) is 0 Å². The molecule has 0 aliphatic rings. The van der Waals surface area contributed by atoms with Gasteiger partial charge in [0.2, 0.25) is 0 Å². The van der Waals surface area contributed by atoms with Crippen LogP contribution in [0.25, 0.3) is 0 Å². The van der Waals surface area contributed by atoms with E-state index >= 15 is 0 Å². The van der Waals surface area contributed by atoms with Crippen LogP contribution >= 0.6 is 11.6 Å². The molecule has 0 radical (unpaired) electrons. The van der Waals surface area contributed by atoms with Gasteiger partial charge in [0.05, 0.1) is 6.61 Å². The fourth-order valence-corrected chi connectivity index (χ4v) is 0.628. The average molecular weight is 167 g/mol. The van der Waals surface area contributed by atoms with E-state index in [9.17, 15) is 4.79 Å². The Morgan fingerprint density at radius 1 is 1.70 bits per heavy atom. The van der Waals surface area contributed by atoms with Gasteiger partial charge in [-0.3, -0.25) is 0 Å². The molecule has 0 N–H and O–H groups in total. The number of carbonyl (C=O) groups excluding carboxylic acids is 1. The number of ether oxygens (including phenoxy) is 2. The van der Waals surface area contributed by atoms with Crippen molar-refractivity contribution in [2.45, 2.75) is 20.0 Å². The molecule has 60 valence electrons. The lowest BCUT2D eigenvalue weighted by atomic mass is 10.4.